The summed E-state index contributed by atoms with van der Waals surface area (Å²) in [6.07, 6.45) is 18.6. The molecule has 1 amide bonds. The molecule has 0 radical (unpaired) electrons. The standard InChI is InChI=1S/C39H77NO12S/c1-3-5-7-8-9-10-11-12-13-14-15-16-17-18-19-20-21-22-23-24-26-28-33(43)38(46)40-31(32(42)27-25-6-4-2)30-50-39-36(45)37(52-53(47,48)49)35(44)34(29-41)51-39/h31-37,39,41-45H,3-30H2,1-2H3,(H,40,46)(H,47,48,49). The smallest absolute Gasteiger partial charge is 0.394 e. The number of rotatable bonds is 35. The lowest BCUT2D eigenvalue weighted by Gasteiger charge is -2.41. The van der Waals surface area contributed by atoms with Crippen molar-refractivity contribution in [1.29, 1.82) is 0 Å². The molecule has 0 aromatic heterocycles. The fourth-order valence-corrected chi connectivity index (χ4v) is 7.39. The van der Waals surface area contributed by atoms with E-state index in [4.69, 9.17) is 14.0 Å². The van der Waals surface area contributed by atoms with Crippen LogP contribution in [0.2, 0.25) is 0 Å². The van der Waals surface area contributed by atoms with E-state index in [0.29, 0.717) is 19.3 Å². The number of aliphatic hydroxyl groups is 5. The summed E-state index contributed by atoms with van der Waals surface area (Å²) in [6, 6.07) is -1.02. The highest BCUT2D eigenvalue weighted by atomic mass is 32.3. The van der Waals surface area contributed by atoms with Crippen molar-refractivity contribution in [1.82, 2.24) is 5.32 Å². The molecule has 0 bridgehead atoms. The van der Waals surface area contributed by atoms with Crippen LogP contribution in [0.25, 0.3) is 0 Å². The van der Waals surface area contributed by atoms with E-state index in [0.717, 1.165) is 32.1 Å². The molecule has 0 saturated carbocycles. The summed E-state index contributed by atoms with van der Waals surface area (Å²) < 4.78 is 47.0. The fraction of sp³-hybridized carbons (Fsp3) is 0.974. The van der Waals surface area contributed by atoms with Crippen LogP contribution in [0, 0.1) is 0 Å². The maximum absolute atomic E-state index is 12.9. The third kappa shape index (κ3) is 24.3. The van der Waals surface area contributed by atoms with Crippen molar-refractivity contribution in [2.45, 2.75) is 230 Å². The number of amides is 1. The summed E-state index contributed by atoms with van der Waals surface area (Å²) in [4.78, 5) is 12.9. The fourth-order valence-electron chi connectivity index (χ4n) is 6.88. The molecule has 1 saturated heterocycles. The van der Waals surface area contributed by atoms with E-state index in [1.807, 2.05) is 6.92 Å². The summed E-state index contributed by atoms with van der Waals surface area (Å²) in [5.41, 5.74) is 0. The van der Waals surface area contributed by atoms with Crippen molar-refractivity contribution in [2.75, 3.05) is 13.2 Å². The minimum Gasteiger partial charge on any atom is -0.394 e. The van der Waals surface area contributed by atoms with Crippen LogP contribution in [0.4, 0.5) is 0 Å². The van der Waals surface area contributed by atoms with Crippen LogP contribution in [0.5, 0.6) is 0 Å². The molecule has 1 rings (SSSR count). The Morgan fingerprint density at radius 2 is 1.09 bits per heavy atom. The normalized spacial score (nSPS) is 22.5. The second kappa shape index (κ2) is 31.2. The SMILES string of the molecule is CCCCCCCCCCCCCCCCCCCCCCCC(O)C(=O)NC(COC1OC(CO)C(O)C(OS(=O)(=O)O)C1O)C(O)CCCCC. The van der Waals surface area contributed by atoms with Gasteiger partial charge < -0.3 is 40.3 Å². The van der Waals surface area contributed by atoms with Gasteiger partial charge in [0, 0.05) is 0 Å². The summed E-state index contributed by atoms with van der Waals surface area (Å²) in [5, 5.41) is 54.5. The lowest BCUT2D eigenvalue weighted by molar-refractivity contribution is -0.298. The average Bonchev–Trinajstić information content (AvgIpc) is 3.12. The molecule has 316 valence electrons. The Labute approximate surface area is 320 Å². The van der Waals surface area contributed by atoms with E-state index in [2.05, 4.69) is 16.4 Å². The van der Waals surface area contributed by atoms with Gasteiger partial charge in [0.25, 0.3) is 0 Å². The van der Waals surface area contributed by atoms with Gasteiger partial charge in [-0.2, -0.15) is 8.42 Å². The van der Waals surface area contributed by atoms with Crippen LogP contribution in [0.3, 0.4) is 0 Å². The Kier molecular flexibility index (Phi) is 29.5. The molecule has 0 aliphatic carbocycles. The molecule has 8 atom stereocenters. The van der Waals surface area contributed by atoms with E-state index in [1.165, 1.54) is 109 Å². The lowest BCUT2D eigenvalue weighted by atomic mass is 9.99. The minimum atomic E-state index is -5.09. The van der Waals surface area contributed by atoms with Crippen LogP contribution in [-0.4, -0.2) is 107 Å². The number of carbonyl (C=O) groups is 1. The molecular formula is C39H77NO12S. The molecule has 0 spiro atoms. The number of carbonyl (C=O) groups excluding carboxylic acids is 1. The largest absolute Gasteiger partial charge is 0.397 e. The van der Waals surface area contributed by atoms with Crippen molar-refractivity contribution in [3.8, 4) is 0 Å². The van der Waals surface area contributed by atoms with Gasteiger partial charge in [-0.3, -0.25) is 9.35 Å². The zero-order valence-electron chi connectivity index (χ0n) is 33.0. The molecule has 1 aliphatic rings. The first kappa shape index (κ1) is 50.1. The molecule has 1 aliphatic heterocycles. The van der Waals surface area contributed by atoms with E-state index in [9.17, 15) is 38.7 Å². The number of hydrogen-bond acceptors (Lipinski definition) is 11. The zero-order valence-corrected chi connectivity index (χ0v) is 33.8. The number of hydrogen-bond donors (Lipinski definition) is 7. The highest BCUT2D eigenvalue weighted by Gasteiger charge is 2.48. The van der Waals surface area contributed by atoms with Gasteiger partial charge in [0.15, 0.2) is 6.29 Å². The summed E-state index contributed by atoms with van der Waals surface area (Å²) >= 11 is 0. The predicted molar refractivity (Wildman–Crippen MR) is 205 cm³/mol. The third-order valence-electron chi connectivity index (χ3n) is 10.3. The molecular weight excluding hydrogens is 706 g/mol. The number of unbranched alkanes of at least 4 members (excludes halogenated alkanes) is 22. The van der Waals surface area contributed by atoms with Gasteiger partial charge in [-0.25, -0.2) is 4.18 Å². The van der Waals surface area contributed by atoms with Crippen LogP contribution in [0.15, 0.2) is 0 Å². The van der Waals surface area contributed by atoms with Gasteiger partial charge in [-0.05, 0) is 12.8 Å². The second-order valence-corrected chi connectivity index (χ2v) is 16.1. The molecule has 1 fully saturated rings. The third-order valence-corrected chi connectivity index (χ3v) is 10.7. The molecule has 8 unspecified atom stereocenters. The van der Waals surface area contributed by atoms with Gasteiger partial charge in [0.1, 0.15) is 30.5 Å². The Morgan fingerprint density at radius 1 is 0.679 bits per heavy atom. The van der Waals surface area contributed by atoms with Crippen molar-refractivity contribution in [2.24, 2.45) is 0 Å². The predicted octanol–water partition coefficient (Wildman–Crippen LogP) is 6.02. The quantitative estimate of drug-likeness (QED) is 0.0291. The van der Waals surface area contributed by atoms with Crippen molar-refractivity contribution in [3.63, 3.8) is 0 Å². The van der Waals surface area contributed by atoms with Crippen molar-refractivity contribution >= 4 is 16.3 Å². The Morgan fingerprint density at radius 3 is 1.53 bits per heavy atom. The second-order valence-electron chi connectivity index (χ2n) is 15.1. The molecule has 0 aromatic carbocycles. The maximum Gasteiger partial charge on any atom is 0.397 e. The summed E-state index contributed by atoms with van der Waals surface area (Å²) in [7, 11) is -5.09. The van der Waals surface area contributed by atoms with Crippen molar-refractivity contribution in [3.05, 3.63) is 0 Å². The highest BCUT2D eigenvalue weighted by Crippen LogP contribution is 2.26. The number of ether oxygens (including phenoxy) is 2. The summed E-state index contributed by atoms with van der Waals surface area (Å²) in [6.45, 7) is 3.07. The Hall–Kier alpha value is -0.940. The number of aliphatic hydroxyl groups excluding tert-OH is 5. The van der Waals surface area contributed by atoms with Crippen LogP contribution >= 0.6 is 0 Å². The lowest BCUT2D eigenvalue weighted by Crippen LogP contribution is -2.61. The van der Waals surface area contributed by atoms with Crippen molar-refractivity contribution < 1.29 is 57.0 Å². The monoisotopic (exact) mass is 784 g/mol. The van der Waals surface area contributed by atoms with E-state index in [-0.39, 0.29) is 6.42 Å². The van der Waals surface area contributed by atoms with Gasteiger partial charge in [0.2, 0.25) is 5.91 Å². The summed E-state index contributed by atoms with van der Waals surface area (Å²) in [5.74, 6) is -0.678. The van der Waals surface area contributed by atoms with E-state index >= 15 is 0 Å². The Balaban J connectivity index is 2.30. The molecule has 13 nitrogen and oxygen atoms in total. The zero-order chi connectivity index (χ0) is 39.3. The highest BCUT2D eigenvalue weighted by molar-refractivity contribution is 7.80. The maximum atomic E-state index is 12.9. The molecule has 1 heterocycles. The first-order valence-corrected chi connectivity index (χ1v) is 22.4. The van der Waals surface area contributed by atoms with Crippen LogP contribution in [-0.2, 0) is 28.9 Å². The van der Waals surface area contributed by atoms with E-state index in [1.54, 1.807) is 0 Å². The topological polar surface area (TPSA) is 212 Å². The van der Waals surface area contributed by atoms with Crippen LogP contribution < -0.4 is 5.32 Å². The van der Waals surface area contributed by atoms with Gasteiger partial charge in [0.05, 0.1) is 25.4 Å². The first-order valence-electron chi connectivity index (χ1n) is 21.0. The molecule has 14 heteroatoms. The first-order chi connectivity index (χ1) is 25.4. The minimum absolute atomic E-state index is 0.263. The van der Waals surface area contributed by atoms with Crippen LogP contribution in [0.1, 0.15) is 181 Å². The number of nitrogens with one attached hydrogen (secondary N) is 1. The Bertz CT molecular complexity index is 990. The van der Waals surface area contributed by atoms with Gasteiger partial charge in [-0.15, -0.1) is 0 Å². The van der Waals surface area contributed by atoms with Gasteiger partial charge >= 0.3 is 10.4 Å². The van der Waals surface area contributed by atoms with E-state index < -0.39 is 78.5 Å². The molecule has 0 aromatic rings. The van der Waals surface area contributed by atoms with Gasteiger partial charge in [-0.1, -0.05) is 168 Å². The molecule has 53 heavy (non-hydrogen) atoms. The average molecular weight is 784 g/mol. The molecule has 7 N–H and O–H groups in total.